The molecule has 1 amide bonds. The van der Waals surface area contributed by atoms with Crippen LogP contribution in [-0.4, -0.2) is 33.9 Å². The number of carbonyl (C=O) groups is 1. The van der Waals surface area contributed by atoms with E-state index in [-0.39, 0.29) is 12.5 Å². The second-order valence-electron chi connectivity index (χ2n) is 5.38. The largest absolute Gasteiger partial charge is 0.396 e. The molecule has 0 aliphatic rings. The molecule has 2 N–H and O–H groups in total. The maximum atomic E-state index is 12.2. The average Bonchev–Trinajstić information content (AvgIpc) is 3.12. The van der Waals surface area contributed by atoms with Gasteiger partial charge in [-0.2, -0.15) is 5.10 Å². The number of nitrogens with one attached hydrogen (secondary N) is 1. The Bertz CT molecular complexity index is 812. The molecule has 0 saturated carbocycles. The summed E-state index contributed by atoms with van der Waals surface area (Å²) < 4.78 is 1.82. The number of amides is 1. The molecule has 0 saturated heterocycles. The van der Waals surface area contributed by atoms with Crippen LogP contribution in [0.5, 0.6) is 0 Å². The Morgan fingerprint density at radius 3 is 2.71 bits per heavy atom. The second-order valence-corrected chi connectivity index (χ2v) is 5.38. The zero-order valence-corrected chi connectivity index (χ0v) is 13.2. The van der Waals surface area contributed by atoms with Gasteiger partial charge in [-0.05, 0) is 30.7 Å². The third kappa shape index (κ3) is 3.52. The molecular weight excluding hydrogens is 302 g/mol. The van der Waals surface area contributed by atoms with Crippen LogP contribution in [0.15, 0.2) is 66.9 Å². The minimum absolute atomic E-state index is 0.0635. The van der Waals surface area contributed by atoms with E-state index in [1.54, 1.807) is 12.3 Å². The molecule has 1 aromatic heterocycles. The fourth-order valence-corrected chi connectivity index (χ4v) is 2.50. The fourth-order valence-electron chi connectivity index (χ4n) is 2.50. The van der Waals surface area contributed by atoms with E-state index in [4.69, 9.17) is 5.11 Å². The van der Waals surface area contributed by atoms with E-state index in [2.05, 4.69) is 10.4 Å². The molecule has 122 valence electrons. The highest BCUT2D eigenvalue weighted by Crippen LogP contribution is 2.22. The van der Waals surface area contributed by atoms with Gasteiger partial charge in [-0.1, -0.05) is 36.4 Å². The van der Waals surface area contributed by atoms with Crippen LogP contribution < -0.4 is 5.32 Å². The van der Waals surface area contributed by atoms with Crippen molar-refractivity contribution in [2.24, 2.45) is 0 Å². The third-order valence-electron chi connectivity index (χ3n) is 3.69. The average molecular weight is 321 g/mol. The zero-order valence-electron chi connectivity index (χ0n) is 13.2. The van der Waals surface area contributed by atoms with Crippen LogP contribution >= 0.6 is 0 Å². The van der Waals surface area contributed by atoms with Gasteiger partial charge in [0.15, 0.2) is 0 Å². The second kappa shape index (κ2) is 7.57. The van der Waals surface area contributed by atoms with E-state index in [1.807, 2.05) is 59.3 Å². The van der Waals surface area contributed by atoms with Crippen molar-refractivity contribution >= 4 is 5.91 Å². The molecule has 1 heterocycles. The van der Waals surface area contributed by atoms with Crippen LogP contribution in [0.4, 0.5) is 0 Å². The molecule has 0 aliphatic carbocycles. The molecule has 0 aliphatic heterocycles. The van der Waals surface area contributed by atoms with Gasteiger partial charge in [0.2, 0.25) is 0 Å². The van der Waals surface area contributed by atoms with Gasteiger partial charge in [0.05, 0.1) is 17.6 Å². The number of aliphatic hydroxyl groups excluding tert-OH is 1. The first-order valence-electron chi connectivity index (χ1n) is 7.88. The van der Waals surface area contributed by atoms with E-state index >= 15 is 0 Å². The van der Waals surface area contributed by atoms with Crippen molar-refractivity contribution in [1.82, 2.24) is 15.1 Å². The molecule has 0 atom stereocenters. The molecule has 0 unspecified atom stereocenters. The highest BCUT2D eigenvalue weighted by atomic mass is 16.3. The number of hydrogen-bond acceptors (Lipinski definition) is 3. The van der Waals surface area contributed by atoms with E-state index < -0.39 is 0 Å². The summed E-state index contributed by atoms with van der Waals surface area (Å²) in [6.45, 7) is 0.518. The van der Waals surface area contributed by atoms with E-state index in [0.717, 1.165) is 16.9 Å². The number of aromatic nitrogens is 2. The quantitative estimate of drug-likeness (QED) is 0.686. The lowest BCUT2D eigenvalue weighted by atomic mass is 10.1. The smallest absolute Gasteiger partial charge is 0.251 e. The highest BCUT2D eigenvalue weighted by molar-refractivity contribution is 5.94. The van der Waals surface area contributed by atoms with Gasteiger partial charge in [0, 0.05) is 24.3 Å². The number of hydrogen-bond donors (Lipinski definition) is 2. The van der Waals surface area contributed by atoms with Crippen LogP contribution in [0.1, 0.15) is 16.8 Å². The number of carbonyl (C=O) groups excluding carboxylic acids is 1. The van der Waals surface area contributed by atoms with Crippen molar-refractivity contribution in [3.05, 3.63) is 72.4 Å². The molecule has 0 spiro atoms. The first-order chi connectivity index (χ1) is 11.8. The van der Waals surface area contributed by atoms with Gasteiger partial charge < -0.3 is 10.4 Å². The Morgan fingerprint density at radius 1 is 1.08 bits per heavy atom. The Hall–Kier alpha value is -2.92. The van der Waals surface area contributed by atoms with Crippen molar-refractivity contribution < 1.29 is 9.90 Å². The Kier molecular flexibility index (Phi) is 5.03. The van der Waals surface area contributed by atoms with Crippen molar-refractivity contribution in [2.45, 2.75) is 6.42 Å². The van der Waals surface area contributed by atoms with Gasteiger partial charge >= 0.3 is 0 Å². The summed E-state index contributed by atoms with van der Waals surface area (Å²) in [5, 5.41) is 16.0. The topological polar surface area (TPSA) is 67.2 Å². The zero-order chi connectivity index (χ0) is 16.8. The lowest BCUT2D eigenvalue weighted by molar-refractivity contribution is 0.0951. The lowest BCUT2D eigenvalue weighted by Gasteiger charge is -2.10. The minimum atomic E-state index is -0.154. The first-order valence-corrected chi connectivity index (χ1v) is 7.88. The normalized spacial score (nSPS) is 10.5. The van der Waals surface area contributed by atoms with Crippen LogP contribution in [0.2, 0.25) is 0 Å². The number of nitrogens with zero attached hydrogens (tertiary/aromatic N) is 2. The molecule has 5 nitrogen and oxygen atoms in total. The summed E-state index contributed by atoms with van der Waals surface area (Å²) in [5.74, 6) is -0.154. The Balaban J connectivity index is 1.88. The Labute approximate surface area is 140 Å². The molecule has 0 radical (unpaired) electrons. The lowest BCUT2D eigenvalue weighted by Crippen LogP contribution is -2.25. The van der Waals surface area contributed by atoms with Gasteiger partial charge in [-0.15, -0.1) is 0 Å². The predicted octanol–water partition coefficient (Wildman–Crippen LogP) is 2.65. The van der Waals surface area contributed by atoms with Crippen molar-refractivity contribution in [2.75, 3.05) is 13.2 Å². The van der Waals surface area contributed by atoms with Gasteiger partial charge in [-0.3, -0.25) is 4.79 Å². The molecule has 0 bridgehead atoms. The maximum Gasteiger partial charge on any atom is 0.251 e. The molecule has 0 fully saturated rings. The van der Waals surface area contributed by atoms with Crippen molar-refractivity contribution in [3.8, 4) is 16.9 Å². The molecule has 3 aromatic rings. The SMILES string of the molecule is O=C(NCCCO)c1cccc(-n2nccc2-c2ccccc2)c1. The van der Waals surface area contributed by atoms with Gasteiger partial charge in [0.1, 0.15) is 0 Å². The summed E-state index contributed by atoms with van der Waals surface area (Å²) in [6.07, 6.45) is 2.29. The molecule has 24 heavy (non-hydrogen) atoms. The summed E-state index contributed by atoms with van der Waals surface area (Å²) >= 11 is 0. The van der Waals surface area contributed by atoms with E-state index in [9.17, 15) is 4.79 Å². The summed E-state index contributed by atoms with van der Waals surface area (Å²) in [6, 6.07) is 19.3. The summed E-state index contributed by atoms with van der Waals surface area (Å²) in [5.41, 5.74) is 3.43. The van der Waals surface area contributed by atoms with E-state index in [0.29, 0.717) is 18.5 Å². The van der Waals surface area contributed by atoms with Crippen LogP contribution in [0, 0.1) is 0 Å². The molecule has 5 heteroatoms. The Morgan fingerprint density at radius 2 is 1.92 bits per heavy atom. The molecule has 2 aromatic carbocycles. The fraction of sp³-hybridized carbons (Fsp3) is 0.158. The van der Waals surface area contributed by atoms with Crippen LogP contribution in [0.3, 0.4) is 0 Å². The van der Waals surface area contributed by atoms with Gasteiger partial charge in [-0.25, -0.2) is 4.68 Å². The predicted molar refractivity (Wildman–Crippen MR) is 93.0 cm³/mol. The van der Waals surface area contributed by atoms with Crippen LogP contribution in [-0.2, 0) is 0 Å². The number of rotatable bonds is 6. The summed E-state index contributed by atoms with van der Waals surface area (Å²) in [7, 11) is 0. The van der Waals surface area contributed by atoms with Crippen LogP contribution in [0.25, 0.3) is 16.9 Å². The summed E-state index contributed by atoms with van der Waals surface area (Å²) in [4.78, 5) is 12.2. The third-order valence-corrected chi connectivity index (χ3v) is 3.69. The first kappa shape index (κ1) is 16.0. The monoisotopic (exact) mass is 321 g/mol. The maximum absolute atomic E-state index is 12.2. The molecule has 3 rings (SSSR count). The minimum Gasteiger partial charge on any atom is -0.396 e. The van der Waals surface area contributed by atoms with Gasteiger partial charge in [0.25, 0.3) is 5.91 Å². The molecular formula is C19H19N3O2. The highest BCUT2D eigenvalue weighted by Gasteiger charge is 2.10. The number of aliphatic hydroxyl groups is 1. The number of benzene rings is 2. The van der Waals surface area contributed by atoms with Crippen molar-refractivity contribution in [1.29, 1.82) is 0 Å². The standard InChI is InChI=1S/C19H19N3O2/c23-13-5-11-20-19(24)16-8-4-9-17(14-16)22-18(10-12-21-22)15-6-2-1-3-7-15/h1-4,6-10,12,14,23H,5,11,13H2,(H,20,24). The van der Waals surface area contributed by atoms with Crippen molar-refractivity contribution in [3.63, 3.8) is 0 Å². The van der Waals surface area contributed by atoms with E-state index in [1.165, 1.54) is 0 Å².